The van der Waals surface area contributed by atoms with Crippen molar-refractivity contribution in [3.8, 4) is 0 Å². The first-order chi connectivity index (χ1) is 5.68. The van der Waals surface area contributed by atoms with E-state index in [4.69, 9.17) is 5.73 Å². The van der Waals surface area contributed by atoms with Crippen LogP contribution in [0.15, 0.2) is 6.20 Å². The van der Waals surface area contributed by atoms with Gasteiger partial charge in [-0.1, -0.05) is 0 Å². The third-order valence-electron chi connectivity index (χ3n) is 1.35. The third-order valence-corrected chi connectivity index (χ3v) is 2.46. The van der Waals surface area contributed by atoms with Crippen LogP contribution in [0.1, 0.15) is 17.8 Å². The molecule has 3 nitrogen and oxygen atoms in total. The van der Waals surface area contributed by atoms with Crippen molar-refractivity contribution in [2.75, 3.05) is 5.73 Å². The molecule has 0 aliphatic rings. The minimum atomic E-state index is -0.0699. The standard InChI is InChI=1S/C7H10N2OS2/c8-5-4-9-6(12-5)2-1-3-7(10)11/h4H,1-3,8H2,(H,10,11). The van der Waals surface area contributed by atoms with Gasteiger partial charge in [-0.3, -0.25) is 4.79 Å². The molecule has 0 saturated carbocycles. The van der Waals surface area contributed by atoms with Crippen molar-refractivity contribution in [2.45, 2.75) is 19.3 Å². The lowest BCUT2D eigenvalue weighted by Crippen LogP contribution is -1.89. The first kappa shape index (κ1) is 9.54. The maximum absolute atomic E-state index is 10.5. The monoisotopic (exact) mass is 202 g/mol. The second-order valence-electron chi connectivity index (χ2n) is 2.40. The van der Waals surface area contributed by atoms with Crippen molar-refractivity contribution >= 4 is 34.1 Å². The Hall–Kier alpha value is -0.550. The van der Waals surface area contributed by atoms with E-state index >= 15 is 0 Å². The van der Waals surface area contributed by atoms with Crippen molar-refractivity contribution in [1.29, 1.82) is 0 Å². The quantitative estimate of drug-likeness (QED) is 0.728. The van der Waals surface area contributed by atoms with Crippen LogP contribution in [-0.4, -0.2) is 10.1 Å². The van der Waals surface area contributed by atoms with Gasteiger partial charge in [0.15, 0.2) is 5.12 Å². The van der Waals surface area contributed by atoms with Gasteiger partial charge in [0.1, 0.15) is 5.00 Å². The zero-order valence-corrected chi connectivity index (χ0v) is 8.20. The molecule has 0 saturated heterocycles. The lowest BCUT2D eigenvalue weighted by Gasteiger charge is -1.92. The number of nitrogens with two attached hydrogens (primary N) is 1. The van der Waals surface area contributed by atoms with Crippen LogP contribution >= 0.6 is 24.0 Å². The van der Waals surface area contributed by atoms with Crippen LogP contribution in [0.4, 0.5) is 5.00 Å². The van der Waals surface area contributed by atoms with E-state index in [0.717, 1.165) is 22.9 Å². The molecular formula is C7H10N2OS2. The fourth-order valence-corrected chi connectivity index (χ4v) is 1.72. The smallest absolute Gasteiger partial charge is 0.185 e. The van der Waals surface area contributed by atoms with Crippen molar-refractivity contribution in [3.63, 3.8) is 0 Å². The Labute approximate surface area is 80.4 Å². The Morgan fingerprint density at radius 2 is 2.50 bits per heavy atom. The SMILES string of the molecule is Nc1cnc(CCCC(=O)S)s1. The number of aryl methyl sites for hydroxylation is 1. The van der Waals surface area contributed by atoms with Crippen LogP contribution in [-0.2, 0) is 11.2 Å². The summed E-state index contributed by atoms with van der Waals surface area (Å²) >= 11 is 5.14. The average molecular weight is 202 g/mol. The summed E-state index contributed by atoms with van der Waals surface area (Å²) in [6.07, 6.45) is 3.76. The predicted molar refractivity (Wildman–Crippen MR) is 53.5 cm³/mol. The van der Waals surface area contributed by atoms with Crippen molar-refractivity contribution < 1.29 is 4.79 Å². The van der Waals surface area contributed by atoms with E-state index in [0.29, 0.717) is 6.42 Å². The topological polar surface area (TPSA) is 56.0 Å². The number of hydrogen-bond acceptors (Lipinski definition) is 4. The Morgan fingerprint density at radius 3 is 3.00 bits per heavy atom. The molecule has 0 bridgehead atoms. The molecule has 5 heteroatoms. The van der Waals surface area contributed by atoms with E-state index in [2.05, 4.69) is 17.6 Å². The number of carbonyl (C=O) groups is 1. The highest BCUT2D eigenvalue weighted by Crippen LogP contribution is 2.16. The van der Waals surface area contributed by atoms with Crippen LogP contribution < -0.4 is 5.73 Å². The molecule has 0 aromatic carbocycles. The largest absolute Gasteiger partial charge is 0.389 e. The van der Waals surface area contributed by atoms with E-state index in [1.54, 1.807) is 6.20 Å². The fraction of sp³-hybridized carbons (Fsp3) is 0.429. The number of hydrogen-bond donors (Lipinski definition) is 2. The number of nitrogens with zero attached hydrogens (tertiary/aromatic N) is 1. The molecular weight excluding hydrogens is 192 g/mol. The second kappa shape index (κ2) is 4.47. The highest BCUT2D eigenvalue weighted by molar-refractivity contribution is 7.96. The normalized spacial score (nSPS) is 10.1. The van der Waals surface area contributed by atoms with Crippen LogP contribution in [0.25, 0.3) is 0 Å². The zero-order chi connectivity index (χ0) is 8.97. The molecule has 2 N–H and O–H groups in total. The number of anilines is 1. The zero-order valence-electron chi connectivity index (χ0n) is 6.49. The summed E-state index contributed by atoms with van der Waals surface area (Å²) in [6.45, 7) is 0. The molecule has 0 atom stereocenters. The molecule has 0 spiro atoms. The molecule has 1 aromatic heterocycles. The molecule has 1 aromatic rings. The summed E-state index contributed by atoms with van der Waals surface area (Å²) < 4.78 is 0. The molecule has 0 unspecified atom stereocenters. The van der Waals surface area contributed by atoms with Gasteiger partial charge in [0.2, 0.25) is 0 Å². The van der Waals surface area contributed by atoms with Gasteiger partial charge in [0, 0.05) is 6.42 Å². The first-order valence-corrected chi connectivity index (χ1v) is 4.87. The minimum Gasteiger partial charge on any atom is -0.389 e. The summed E-state index contributed by atoms with van der Waals surface area (Å²) in [5, 5.41) is 1.64. The summed E-state index contributed by atoms with van der Waals surface area (Å²) in [7, 11) is 0. The summed E-state index contributed by atoms with van der Waals surface area (Å²) in [6, 6.07) is 0. The first-order valence-electron chi connectivity index (χ1n) is 3.60. The van der Waals surface area contributed by atoms with Gasteiger partial charge in [0.25, 0.3) is 0 Å². The molecule has 1 rings (SSSR count). The van der Waals surface area contributed by atoms with Crippen LogP contribution in [0.3, 0.4) is 0 Å². The summed E-state index contributed by atoms with van der Waals surface area (Å²) in [4.78, 5) is 14.5. The number of nitrogen functional groups attached to an aromatic ring is 1. The third kappa shape index (κ3) is 3.23. The van der Waals surface area contributed by atoms with Crippen molar-refractivity contribution in [1.82, 2.24) is 4.98 Å². The molecule has 0 amide bonds. The molecule has 1 heterocycles. The second-order valence-corrected chi connectivity index (χ2v) is 4.05. The van der Waals surface area contributed by atoms with Crippen molar-refractivity contribution in [2.24, 2.45) is 0 Å². The van der Waals surface area contributed by atoms with Gasteiger partial charge in [-0.15, -0.1) is 24.0 Å². The van der Waals surface area contributed by atoms with Crippen molar-refractivity contribution in [3.05, 3.63) is 11.2 Å². The van der Waals surface area contributed by atoms with E-state index in [1.165, 1.54) is 11.3 Å². The Kier molecular flexibility index (Phi) is 3.55. The molecule has 0 radical (unpaired) electrons. The van der Waals surface area contributed by atoms with E-state index in [9.17, 15) is 4.79 Å². The average Bonchev–Trinajstić information content (AvgIpc) is 2.35. The Bertz CT molecular complexity index is 272. The lowest BCUT2D eigenvalue weighted by molar-refractivity contribution is -0.110. The molecule has 66 valence electrons. The predicted octanol–water partition coefficient (Wildman–Crippen LogP) is 1.50. The number of rotatable bonds is 4. The lowest BCUT2D eigenvalue weighted by atomic mass is 10.2. The molecule has 0 aliphatic carbocycles. The summed E-state index contributed by atoms with van der Waals surface area (Å²) in [5.74, 6) is 0. The van der Waals surface area contributed by atoms with E-state index in [-0.39, 0.29) is 5.12 Å². The van der Waals surface area contributed by atoms with Crippen LogP contribution in [0.5, 0.6) is 0 Å². The number of aromatic nitrogens is 1. The molecule has 0 aliphatic heterocycles. The van der Waals surface area contributed by atoms with Gasteiger partial charge in [-0.25, -0.2) is 4.98 Å². The van der Waals surface area contributed by atoms with Gasteiger partial charge < -0.3 is 5.73 Å². The van der Waals surface area contributed by atoms with Gasteiger partial charge >= 0.3 is 0 Å². The van der Waals surface area contributed by atoms with E-state index < -0.39 is 0 Å². The molecule has 0 fully saturated rings. The van der Waals surface area contributed by atoms with Gasteiger partial charge in [0.05, 0.1) is 11.2 Å². The van der Waals surface area contributed by atoms with Gasteiger partial charge in [-0.05, 0) is 12.8 Å². The van der Waals surface area contributed by atoms with Gasteiger partial charge in [-0.2, -0.15) is 0 Å². The Balaban J connectivity index is 2.29. The number of thiazole rings is 1. The maximum atomic E-state index is 10.5. The van der Waals surface area contributed by atoms with E-state index in [1.807, 2.05) is 0 Å². The fourth-order valence-electron chi connectivity index (χ4n) is 0.831. The molecule has 12 heavy (non-hydrogen) atoms. The summed E-state index contributed by atoms with van der Waals surface area (Å²) in [5.41, 5.74) is 5.48. The Morgan fingerprint density at radius 1 is 1.75 bits per heavy atom. The van der Waals surface area contributed by atoms with Crippen LogP contribution in [0, 0.1) is 0 Å². The number of carbonyl (C=O) groups excluding carboxylic acids is 1. The maximum Gasteiger partial charge on any atom is 0.185 e. The van der Waals surface area contributed by atoms with Crippen LogP contribution in [0.2, 0.25) is 0 Å². The minimum absolute atomic E-state index is 0.0699. The number of thiol groups is 1. The highest BCUT2D eigenvalue weighted by Gasteiger charge is 2.00. The highest BCUT2D eigenvalue weighted by atomic mass is 32.1.